The highest BCUT2D eigenvalue weighted by Gasteiger charge is 2.42. The molecule has 1 N–H and O–H groups in total. The first-order valence-corrected chi connectivity index (χ1v) is 7.70. The fourth-order valence-electron chi connectivity index (χ4n) is 2.94. The lowest BCUT2D eigenvalue weighted by Crippen LogP contribution is -2.25. The van der Waals surface area contributed by atoms with E-state index in [4.69, 9.17) is 0 Å². The molecule has 0 saturated heterocycles. The molecule has 27 heavy (non-hydrogen) atoms. The summed E-state index contributed by atoms with van der Waals surface area (Å²) in [5, 5.41) is 2.39. The lowest BCUT2D eigenvalue weighted by Gasteiger charge is -2.19. The second-order valence-electron chi connectivity index (χ2n) is 6.03. The zero-order valence-corrected chi connectivity index (χ0v) is 13.4. The van der Waals surface area contributed by atoms with Gasteiger partial charge in [-0.1, -0.05) is 0 Å². The van der Waals surface area contributed by atoms with Gasteiger partial charge < -0.3 is 5.32 Å². The van der Waals surface area contributed by atoms with E-state index in [2.05, 4.69) is 10.3 Å². The van der Waals surface area contributed by atoms with Gasteiger partial charge in [-0.25, -0.2) is 4.39 Å². The number of carbonyl (C=O) groups is 1. The van der Waals surface area contributed by atoms with Gasteiger partial charge in [0, 0.05) is 11.9 Å². The Balaban J connectivity index is 2.04. The van der Waals surface area contributed by atoms with Crippen molar-refractivity contribution in [2.75, 3.05) is 5.32 Å². The highest BCUT2D eigenvalue weighted by Crippen LogP contribution is 2.40. The summed E-state index contributed by atoms with van der Waals surface area (Å²) in [6.45, 7) is 0. The van der Waals surface area contributed by atoms with Crippen molar-refractivity contribution < 1.29 is 35.5 Å². The monoisotopic (exact) mass is 392 g/mol. The molecule has 0 saturated carbocycles. The average Bonchev–Trinajstić information content (AvgIpc) is 2.71. The number of aryl methyl sites for hydroxylation is 1. The number of benzene rings is 1. The van der Waals surface area contributed by atoms with Crippen LogP contribution in [0.3, 0.4) is 0 Å². The fourth-order valence-corrected chi connectivity index (χ4v) is 2.94. The zero-order chi connectivity index (χ0) is 20.0. The number of halogens is 7. The van der Waals surface area contributed by atoms with Gasteiger partial charge in [0.25, 0.3) is 0 Å². The van der Waals surface area contributed by atoms with Crippen LogP contribution in [0.5, 0.6) is 0 Å². The summed E-state index contributed by atoms with van der Waals surface area (Å²) in [7, 11) is 0. The minimum atomic E-state index is -5.13. The Kier molecular flexibility index (Phi) is 4.61. The van der Waals surface area contributed by atoms with Crippen LogP contribution in [0.4, 0.5) is 36.4 Å². The third-order valence-electron chi connectivity index (χ3n) is 4.23. The summed E-state index contributed by atoms with van der Waals surface area (Å²) in [5.74, 6) is -2.86. The predicted molar refractivity (Wildman–Crippen MR) is 80.3 cm³/mol. The van der Waals surface area contributed by atoms with E-state index >= 15 is 0 Å². The standard InChI is InChI=1S/C17H11F7N2O/c18-10-2-4-13-8(5-10)1-3-11(15(27)26-13)14-12(17(22,23)24)6-9(7-25-14)16(19,20)21/h2,4-7,11H,1,3H2,(H,26,27). The first-order valence-electron chi connectivity index (χ1n) is 7.70. The summed E-state index contributed by atoms with van der Waals surface area (Å²) in [5.41, 5.74) is -3.34. The first-order chi connectivity index (χ1) is 12.5. The number of carbonyl (C=O) groups excluding carboxylic acids is 1. The Morgan fingerprint density at radius 3 is 2.37 bits per heavy atom. The molecule has 144 valence electrons. The molecule has 10 heteroatoms. The van der Waals surface area contributed by atoms with Crippen molar-refractivity contribution in [1.29, 1.82) is 0 Å². The average molecular weight is 392 g/mol. The maximum atomic E-state index is 13.3. The lowest BCUT2D eigenvalue weighted by atomic mass is 9.92. The van der Waals surface area contributed by atoms with Crippen LogP contribution in [-0.4, -0.2) is 10.9 Å². The number of hydrogen-bond donors (Lipinski definition) is 1. The largest absolute Gasteiger partial charge is 0.418 e. The molecule has 0 radical (unpaired) electrons. The Bertz CT molecular complexity index is 890. The minimum Gasteiger partial charge on any atom is -0.325 e. The van der Waals surface area contributed by atoms with Crippen LogP contribution in [0.2, 0.25) is 0 Å². The van der Waals surface area contributed by atoms with Crippen LogP contribution < -0.4 is 5.32 Å². The molecule has 0 bridgehead atoms. The Hall–Kier alpha value is -2.65. The van der Waals surface area contributed by atoms with Gasteiger partial charge >= 0.3 is 12.4 Å². The smallest absolute Gasteiger partial charge is 0.325 e. The van der Waals surface area contributed by atoms with Crippen LogP contribution in [0.15, 0.2) is 30.5 Å². The topological polar surface area (TPSA) is 42.0 Å². The molecule has 2 heterocycles. The number of aromatic nitrogens is 1. The molecular weight excluding hydrogens is 381 g/mol. The van der Waals surface area contributed by atoms with E-state index in [1.807, 2.05) is 0 Å². The molecule has 2 aromatic rings. The number of hydrogen-bond acceptors (Lipinski definition) is 2. The molecule has 1 aliphatic rings. The number of rotatable bonds is 1. The Morgan fingerprint density at radius 1 is 1.04 bits per heavy atom. The summed E-state index contributed by atoms with van der Waals surface area (Å²) >= 11 is 0. The van der Waals surface area contributed by atoms with E-state index in [1.54, 1.807) is 0 Å². The van der Waals surface area contributed by atoms with Crippen molar-refractivity contribution in [3.8, 4) is 0 Å². The molecule has 1 aromatic carbocycles. The molecule has 0 aliphatic carbocycles. The maximum Gasteiger partial charge on any atom is 0.418 e. The number of amides is 1. The van der Waals surface area contributed by atoms with Gasteiger partial charge in [-0.2, -0.15) is 26.3 Å². The van der Waals surface area contributed by atoms with Crippen molar-refractivity contribution in [3.05, 3.63) is 58.7 Å². The number of pyridine rings is 1. The van der Waals surface area contributed by atoms with E-state index in [0.717, 1.165) is 12.1 Å². The maximum absolute atomic E-state index is 13.3. The fraction of sp³-hybridized carbons (Fsp3) is 0.294. The van der Waals surface area contributed by atoms with Gasteiger partial charge in [-0.3, -0.25) is 9.78 Å². The Morgan fingerprint density at radius 2 is 1.74 bits per heavy atom. The molecule has 3 nitrogen and oxygen atoms in total. The quantitative estimate of drug-likeness (QED) is 0.700. The molecule has 1 aromatic heterocycles. The summed E-state index contributed by atoms with van der Waals surface area (Å²) < 4.78 is 91.6. The van der Waals surface area contributed by atoms with Crippen molar-refractivity contribution in [1.82, 2.24) is 4.98 Å². The normalized spacial score (nSPS) is 17.9. The lowest BCUT2D eigenvalue weighted by molar-refractivity contribution is -0.144. The van der Waals surface area contributed by atoms with Crippen molar-refractivity contribution >= 4 is 11.6 Å². The van der Waals surface area contributed by atoms with E-state index in [1.165, 1.54) is 6.07 Å². The minimum absolute atomic E-state index is 0.0483. The number of nitrogens with zero attached hydrogens (tertiary/aromatic N) is 1. The number of fused-ring (bicyclic) bond motifs is 1. The molecule has 1 unspecified atom stereocenters. The third kappa shape index (κ3) is 3.88. The van der Waals surface area contributed by atoms with Crippen molar-refractivity contribution in [3.63, 3.8) is 0 Å². The van der Waals surface area contributed by atoms with Gasteiger partial charge in [-0.15, -0.1) is 0 Å². The SMILES string of the molecule is O=C1Nc2ccc(F)cc2CCC1c1ncc(C(F)(F)F)cc1C(F)(F)F. The second kappa shape index (κ2) is 6.50. The van der Waals surface area contributed by atoms with Crippen LogP contribution >= 0.6 is 0 Å². The van der Waals surface area contributed by atoms with E-state index < -0.39 is 46.8 Å². The van der Waals surface area contributed by atoms with E-state index in [0.29, 0.717) is 5.56 Å². The highest BCUT2D eigenvalue weighted by molar-refractivity contribution is 5.97. The molecule has 0 spiro atoms. The molecule has 1 aliphatic heterocycles. The zero-order valence-electron chi connectivity index (χ0n) is 13.4. The van der Waals surface area contributed by atoms with Gasteiger partial charge in [0.15, 0.2) is 0 Å². The molecule has 1 amide bonds. The van der Waals surface area contributed by atoms with E-state index in [9.17, 15) is 35.5 Å². The van der Waals surface area contributed by atoms with Crippen molar-refractivity contribution in [2.45, 2.75) is 31.1 Å². The molecular formula is C17H11F7N2O. The van der Waals surface area contributed by atoms with Gasteiger partial charge in [0.2, 0.25) is 5.91 Å². The van der Waals surface area contributed by atoms with Crippen LogP contribution in [-0.2, 0) is 23.6 Å². The highest BCUT2D eigenvalue weighted by atomic mass is 19.4. The number of nitrogens with one attached hydrogen (secondary N) is 1. The van der Waals surface area contributed by atoms with Gasteiger partial charge in [-0.05, 0) is 42.7 Å². The number of anilines is 1. The van der Waals surface area contributed by atoms with Crippen LogP contribution in [0.25, 0.3) is 0 Å². The predicted octanol–water partition coefficient (Wildman–Crippen LogP) is 4.93. The van der Waals surface area contributed by atoms with Crippen LogP contribution in [0, 0.1) is 5.82 Å². The second-order valence-corrected chi connectivity index (χ2v) is 6.03. The molecule has 1 atom stereocenters. The number of alkyl halides is 6. The Labute approximate surface area is 148 Å². The van der Waals surface area contributed by atoms with Gasteiger partial charge in [0.05, 0.1) is 22.7 Å². The third-order valence-corrected chi connectivity index (χ3v) is 4.23. The summed E-state index contributed by atoms with van der Waals surface area (Å²) in [6.07, 6.45) is -9.98. The summed E-state index contributed by atoms with van der Waals surface area (Å²) in [6, 6.07) is 3.45. The summed E-state index contributed by atoms with van der Waals surface area (Å²) in [4.78, 5) is 15.7. The van der Waals surface area contributed by atoms with Crippen molar-refractivity contribution in [2.24, 2.45) is 0 Å². The van der Waals surface area contributed by atoms with Gasteiger partial charge in [0.1, 0.15) is 5.82 Å². The molecule has 3 rings (SSSR count). The molecule has 0 fully saturated rings. The first kappa shape index (κ1) is 19.1. The van der Waals surface area contributed by atoms with E-state index in [-0.39, 0.29) is 30.8 Å². The van der Waals surface area contributed by atoms with Crippen LogP contribution in [0.1, 0.15) is 34.7 Å².